The molecule has 1 heterocycles. The zero-order valence-electron chi connectivity index (χ0n) is 8.14. The molecule has 0 unspecified atom stereocenters. The van der Waals surface area contributed by atoms with Gasteiger partial charge in [0, 0.05) is 6.20 Å². The summed E-state index contributed by atoms with van der Waals surface area (Å²) in [5.41, 5.74) is -0.544. The van der Waals surface area contributed by atoms with Gasteiger partial charge in [-0.2, -0.15) is 0 Å². The number of carbonyl (C=O) groups is 1. The van der Waals surface area contributed by atoms with E-state index in [1.54, 1.807) is 6.92 Å². The minimum absolute atomic E-state index is 0.0419. The number of carbonyl (C=O) groups excluding carboxylic acids is 1. The van der Waals surface area contributed by atoms with Crippen LogP contribution in [0.1, 0.15) is 29.4 Å². The minimum Gasteiger partial charge on any atom is -0.462 e. The summed E-state index contributed by atoms with van der Waals surface area (Å²) in [5.74, 6) is -0.693. The van der Waals surface area contributed by atoms with Crippen molar-refractivity contribution < 1.29 is 18.3 Å². The third kappa shape index (κ3) is 2.68. The predicted octanol–water partition coefficient (Wildman–Crippen LogP) is 3.61. The number of ether oxygens (including phenoxy) is 1. The zero-order chi connectivity index (χ0) is 12.3. The van der Waals surface area contributed by atoms with Crippen LogP contribution in [0.2, 0.25) is 5.02 Å². The standard InChI is InChI=1S/C9H7BrClF2NO2/c1-2-16-9(15)4-3-14-7(8(12)13)5(10)6(4)11/h3,8H,2H2,1H3. The highest BCUT2D eigenvalue weighted by Gasteiger charge is 2.21. The Morgan fingerprint density at radius 1 is 1.69 bits per heavy atom. The van der Waals surface area contributed by atoms with E-state index in [-0.39, 0.29) is 21.7 Å². The highest BCUT2D eigenvalue weighted by atomic mass is 79.9. The van der Waals surface area contributed by atoms with Crippen LogP contribution in [0.3, 0.4) is 0 Å². The maximum Gasteiger partial charge on any atom is 0.341 e. The van der Waals surface area contributed by atoms with Gasteiger partial charge >= 0.3 is 5.97 Å². The Balaban J connectivity index is 3.16. The van der Waals surface area contributed by atoms with Crippen LogP contribution in [0.4, 0.5) is 8.78 Å². The molecule has 3 nitrogen and oxygen atoms in total. The lowest BCUT2D eigenvalue weighted by Crippen LogP contribution is -2.07. The molecule has 7 heteroatoms. The first kappa shape index (κ1) is 13.3. The van der Waals surface area contributed by atoms with Crippen LogP contribution in [0, 0.1) is 0 Å². The van der Waals surface area contributed by atoms with Crippen LogP contribution in [0.5, 0.6) is 0 Å². The number of halogens is 4. The van der Waals surface area contributed by atoms with Crippen molar-refractivity contribution in [2.45, 2.75) is 13.3 Å². The second-order valence-electron chi connectivity index (χ2n) is 2.71. The second kappa shape index (κ2) is 5.54. The average molecular weight is 315 g/mol. The molecule has 1 aromatic rings. The second-order valence-corrected chi connectivity index (χ2v) is 3.88. The first-order valence-electron chi connectivity index (χ1n) is 4.28. The fourth-order valence-corrected chi connectivity index (χ4v) is 1.69. The number of esters is 1. The van der Waals surface area contributed by atoms with Gasteiger partial charge in [-0.15, -0.1) is 0 Å². The van der Waals surface area contributed by atoms with E-state index in [0.29, 0.717) is 0 Å². The molecule has 0 aliphatic rings. The zero-order valence-corrected chi connectivity index (χ0v) is 10.5. The molecule has 0 saturated heterocycles. The summed E-state index contributed by atoms with van der Waals surface area (Å²) in [6.45, 7) is 1.80. The molecule has 0 N–H and O–H groups in total. The molecule has 0 spiro atoms. The molecule has 0 atom stereocenters. The summed E-state index contributed by atoms with van der Waals surface area (Å²) in [4.78, 5) is 14.8. The number of hydrogen-bond donors (Lipinski definition) is 0. The van der Waals surface area contributed by atoms with Crippen molar-refractivity contribution in [2.75, 3.05) is 6.61 Å². The van der Waals surface area contributed by atoms with E-state index < -0.39 is 18.1 Å². The highest BCUT2D eigenvalue weighted by molar-refractivity contribution is 9.10. The Morgan fingerprint density at radius 2 is 2.31 bits per heavy atom. The van der Waals surface area contributed by atoms with Gasteiger partial charge in [-0.05, 0) is 22.9 Å². The lowest BCUT2D eigenvalue weighted by atomic mass is 10.2. The molecule has 1 rings (SSSR count). The molecule has 16 heavy (non-hydrogen) atoms. The number of rotatable bonds is 3. The molecular weight excluding hydrogens is 307 g/mol. The van der Waals surface area contributed by atoms with E-state index in [1.165, 1.54) is 0 Å². The topological polar surface area (TPSA) is 39.2 Å². The molecule has 0 aliphatic heterocycles. The Labute approximate surface area is 104 Å². The first-order valence-corrected chi connectivity index (χ1v) is 5.45. The molecule has 0 aromatic carbocycles. The van der Waals surface area contributed by atoms with Crippen LogP contribution >= 0.6 is 27.5 Å². The van der Waals surface area contributed by atoms with E-state index in [1.807, 2.05) is 0 Å². The maximum absolute atomic E-state index is 12.4. The first-order chi connectivity index (χ1) is 7.49. The number of nitrogens with zero attached hydrogens (tertiary/aromatic N) is 1. The molecule has 0 amide bonds. The van der Waals surface area contributed by atoms with Gasteiger partial charge in [0.15, 0.2) is 0 Å². The SMILES string of the molecule is CCOC(=O)c1cnc(C(F)F)c(Br)c1Cl. The van der Waals surface area contributed by atoms with E-state index in [9.17, 15) is 13.6 Å². The van der Waals surface area contributed by atoms with Gasteiger partial charge < -0.3 is 4.74 Å². The molecule has 0 fully saturated rings. The van der Waals surface area contributed by atoms with Crippen LogP contribution in [0.15, 0.2) is 10.7 Å². The third-order valence-electron chi connectivity index (χ3n) is 1.69. The lowest BCUT2D eigenvalue weighted by molar-refractivity contribution is 0.0525. The normalized spacial score (nSPS) is 10.6. The van der Waals surface area contributed by atoms with Gasteiger partial charge in [0.25, 0.3) is 6.43 Å². The predicted molar refractivity (Wildman–Crippen MR) is 57.9 cm³/mol. The Kier molecular flexibility index (Phi) is 4.61. The third-order valence-corrected chi connectivity index (χ3v) is 3.11. The van der Waals surface area contributed by atoms with E-state index in [4.69, 9.17) is 16.3 Å². The smallest absolute Gasteiger partial charge is 0.341 e. The van der Waals surface area contributed by atoms with Gasteiger partial charge in [0.1, 0.15) is 5.69 Å². The Morgan fingerprint density at radius 3 is 2.81 bits per heavy atom. The molecule has 0 bridgehead atoms. The number of aromatic nitrogens is 1. The van der Waals surface area contributed by atoms with Crippen molar-refractivity contribution in [3.63, 3.8) is 0 Å². The molecule has 0 aliphatic carbocycles. The number of alkyl halides is 2. The maximum atomic E-state index is 12.4. The van der Waals surface area contributed by atoms with Crippen LogP contribution in [-0.2, 0) is 4.74 Å². The van der Waals surface area contributed by atoms with Crippen molar-refractivity contribution >= 4 is 33.5 Å². The summed E-state index contributed by atoms with van der Waals surface area (Å²) in [7, 11) is 0. The quantitative estimate of drug-likeness (QED) is 0.800. The fraction of sp³-hybridized carbons (Fsp3) is 0.333. The largest absolute Gasteiger partial charge is 0.462 e. The lowest BCUT2D eigenvalue weighted by Gasteiger charge is -2.08. The van der Waals surface area contributed by atoms with Crippen LogP contribution in [-0.4, -0.2) is 17.6 Å². The molecule has 1 aromatic heterocycles. The molecule has 0 saturated carbocycles. The van der Waals surface area contributed by atoms with Gasteiger partial charge in [-0.3, -0.25) is 4.98 Å². The Bertz CT molecular complexity index is 415. The number of hydrogen-bond acceptors (Lipinski definition) is 3. The summed E-state index contributed by atoms with van der Waals surface area (Å²) in [6.07, 6.45) is -1.78. The van der Waals surface area contributed by atoms with Gasteiger partial charge in [-0.25, -0.2) is 13.6 Å². The molecule has 88 valence electrons. The Hall–Kier alpha value is -0.750. The summed E-state index contributed by atoms with van der Waals surface area (Å²) in [6, 6.07) is 0. The van der Waals surface area contributed by atoms with E-state index in [0.717, 1.165) is 6.20 Å². The van der Waals surface area contributed by atoms with Gasteiger partial charge in [-0.1, -0.05) is 11.6 Å². The monoisotopic (exact) mass is 313 g/mol. The van der Waals surface area contributed by atoms with Crippen LogP contribution in [0.25, 0.3) is 0 Å². The van der Waals surface area contributed by atoms with Crippen molar-refractivity contribution in [2.24, 2.45) is 0 Å². The van der Waals surface area contributed by atoms with Crippen molar-refractivity contribution in [3.05, 3.63) is 26.9 Å². The summed E-state index contributed by atoms with van der Waals surface area (Å²) >= 11 is 8.62. The highest BCUT2D eigenvalue weighted by Crippen LogP contribution is 2.33. The minimum atomic E-state index is -2.76. The molecule has 0 radical (unpaired) electrons. The van der Waals surface area contributed by atoms with Crippen LogP contribution < -0.4 is 0 Å². The van der Waals surface area contributed by atoms with Gasteiger partial charge in [0.2, 0.25) is 0 Å². The summed E-state index contributed by atoms with van der Waals surface area (Å²) < 4.78 is 29.4. The fourth-order valence-electron chi connectivity index (χ4n) is 0.981. The summed E-state index contributed by atoms with van der Waals surface area (Å²) in [5, 5.41) is -0.122. The number of pyridine rings is 1. The molecular formula is C9H7BrClF2NO2. The van der Waals surface area contributed by atoms with Crippen molar-refractivity contribution in [1.82, 2.24) is 4.98 Å². The van der Waals surface area contributed by atoms with Crippen molar-refractivity contribution in [3.8, 4) is 0 Å². The van der Waals surface area contributed by atoms with E-state index >= 15 is 0 Å². The van der Waals surface area contributed by atoms with E-state index in [2.05, 4.69) is 20.9 Å². The average Bonchev–Trinajstić information content (AvgIpc) is 2.21. The van der Waals surface area contributed by atoms with Crippen molar-refractivity contribution in [1.29, 1.82) is 0 Å². The van der Waals surface area contributed by atoms with Gasteiger partial charge in [0.05, 0.1) is 21.7 Å².